The van der Waals surface area contributed by atoms with E-state index in [4.69, 9.17) is 28.3 Å². The monoisotopic (exact) mass is 414 g/mol. The van der Waals surface area contributed by atoms with Gasteiger partial charge in [0, 0.05) is 28.0 Å². The number of nitrogens with one attached hydrogen (secondary N) is 2. The third kappa shape index (κ3) is 4.82. The number of aromatic carboxylic acids is 1. The highest BCUT2D eigenvalue weighted by Gasteiger charge is 2.13. The number of carbonyl (C=O) groups is 2. The molecule has 3 N–H and O–H groups in total. The first-order valence-corrected chi connectivity index (χ1v) is 9.11. The molecule has 0 unspecified atom stereocenters. The number of carboxylic acid groups (broad SMARTS) is 1. The van der Waals surface area contributed by atoms with Crippen molar-refractivity contribution in [1.82, 2.24) is 0 Å². The number of rotatable bonds is 6. The van der Waals surface area contributed by atoms with Crippen molar-refractivity contribution >= 4 is 46.5 Å². The second kappa shape index (κ2) is 8.78. The van der Waals surface area contributed by atoms with E-state index < -0.39 is 5.97 Å². The first-order chi connectivity index (χ1) is 13.4. The highest BCUT2D eigenvalue weighted by Crippen LogP contribution is 2.24. The van der Waals surface area contributed by atoms with Gasteiger partial charge in [0.25, 0.3) is 5.91 Å². The van der Waals surface area contributed by atoms with Gasteiger partial charge in [-0.05, 0) is 54.1 Å². The van der Waals surface area contributed by atoms with Gasteiger partial charge in [-0.3, -0.25) is 4.79 Å². The molecule has 0 saturated heterocycles. The van der Waals surface area contributed by atoms with Gasteiger partial charge in [0.05, 0.1) is 11.1 Å². The number of carbonyl (C=O) groups excluding carboxylic acids is 1. The van der Waals surface area contributed by atoms with Crippen LogP contribution >= 0.6 is 23.2 Å². The fourth-order valence-electron chi connectivity index (χ4n) is 2.59. The number of hydrogen-bond acceptors (Lipinski definition) is 3. The minimum absolute atomic E-state index is 0.142. The zero-order valence-electron chi connectivity index (χ0n) is 14.6. The van der Waals surface area contributed by atoms with Crippen molar-refractivity contribution in [2.45, 2.75) is 6.54 Å². The van der Waals surface area contributed by atoms with E-state index >= 15 is 0 Å². The van der Waals surface area contributed by atoms with Crippen molar-refractivity contribution in [2.24, 2.45) is 0 Å². The normalized spacial score (nSPS) is 10.4. The second-order valence-corrected chi connectivity index (χ2v) is 6.82. The Balaban J connectivity index is 1.78. The van der Waals surface area contributed by atoms with E-state index in [9.17, 15) is 9.59 Å². The van der Waals surface area contributed by atoms with Crippen LogP contribution in [0.2, 0.25) is 10.0 Å². The van der Waals surface area contributed by atoms with Crippen LogP contribution in [0.3, 0.4) is 0 Å². The Bertz CT molecular complexity index is 1020. The fraction of sp³-hybridized carbons (Fsp3) is 0.0476. The largest absolute Gasteiger partial charge is 0.478 e. The first-order valence-electron chi connectivity index (χ1n) is 8.35. The van der Waals surface area contributed by atoms with Crippen LogP contribution in [-0.2, 0) is 6.54 Å². The van der Waals surface area contributed by atoms with Crippen LogP contribution in [-0.4, -0.2) is 17.0 Å². The van der Waals surface area contributed by atoms with Crippen molar-refractivity contribution in [3.8, 4) is 0 Å². The molecule has 0 aromatic heterocycles. The lowest BCUT2D eigenvalue weighted by Crippen LogP contribution is -2.15. The lowest BCUT2D eigenvalue weighted by Gasteiger charge is -2.14. The standard InChI is InChI=1S/C21H16Cl2N2O3/c22-15-7-10-19(24-12-14-3-1-2-4-18(14)23)17(11-15)20(26)25-16-8-5-13(6-9-16)21(27)28/h1-11,24H,12H2,(H,25,26)(H,27,28). The average molecular weight is 415 g/mol. The molecule has 0 fully saturated rings. The molecule has 0 aliphatic heterocycles. The molecule has 1 amide bonds. The third-order valence-corrected chi connectivity index (χ3v) is 4.65. The molecule has 0 bridgehead atoms. The van der Waals surface area contributed by atoms with E-state index in [-0.39, 0.29) is 11.5 Å². The van der Waals surface area contributed by atoms with E-state index in [1.54, 1.807) is 24.3 Å². The topological polar surface area (TPSA) is 78.4 Å². The van der Waals surface area contributed by atoms with Gasteiger partial charge in [0.2, 0.25) is 0 Å². The molecular formula is C21H16Cl2N2O3. The van der Waals surface area contributed by atoms with Crippen molar-refractivity contribution in [3.63, 3.8) is 0 Å². The summed E-state index contributed by atoms with van der Waals surface area (Å²) >= 11 is 12.2. The Labute approximate surface area is 171 Å². The van der Waals surface area contributed by atoms with Crippen molar-refractivity contribution in [1.29, 1.82) is 0 Å². The maximum Gasteiger partial charge on any atom is 0.335 e. The molecule has 5 nitrogen and oxygen atoms in total. The molecule has 0 atom stereocenters. The van der Waals surface area contributed by atoms with E-state index in [2.05, 4.69) is 10.6 Å². The highest BCUT2D eigenvalue weighted by atomic mass is 35.5. The number of benzene rings is 3. The van der Waals surface area contributed by atoms with Crippen LogP contribution in [0.25, 0.3) is 0 Å². The Morgan fingerprint density at radius 2 is 1.64 bits per heavy atom. The second-order valence-electron chi connectivity index (χ2n) is 5.97. The first kappa shape index (κ1) is 19.7. The van der Waals surface area contributed by atoms with Crippen molar-refractivity contribution in [2.75, 3.05) is 10.6 Å². The van der Waals surface area contributed by atoms with Crippen molar-refractivity contribution < 1.29 is 14.7 Å². The summed E-state index contributed by atoms with van der Waals surface area (Å²) in [6.45, 7) is 0.439. The smallest absolute Gasteiger partial charge is 0.335 e. The van der Waals surface area contributed by atoms with E-state index in [1.165, 1.54) is 24.3 Å². The van der Waals surface area contributed by atoms with Gasteiger partial charge in [-0.15, -0.1) is 0 Å². The van der Waals surface area contributed by atoms with Gasteiger partial charge in [0.1, 0.15) is 0 Å². The van der Waals surface area contributed by atoms with Crippen LogP contribution in [0.15, 0.2) is 66.7 Å². The van der Waals surface area contributed by atoms with Gasteiger partial charge in [0.15, 0.2) is 0 Å². The molecule has 0 aliphatic carbocycles. The molecule has 142 valence electrons. The summed E-state index contributed by atoms with van der Waals surface area (Å²) in [4.78, 5) is 23.7. The molecule has 0 heterocycles. The zero-order chi connectivity index (χ0) is 20.1. The van der Waals surface area contributed by atoms with E-state index in [1.807, 2.05) is 18.2 Å². The molecule has 3 aromatic rings. The predicted octanol–water partition coefficient (Wildman–Crippen LogP) is 5.56. The Morgan fingerprint density at radius 1 is 0.929 bits per heavy atom. The quantitative estimate of drug-likeness (QED) is 0.493. The number of halogens is 2. The molecule has 28 heavy (non-hydrogen) atoms. The van der Waals surface area contributed by atoms with Crippen LogP contribution in [0, 0.1) is 0 Å². The van der Waals surface area contributed by atoms with Crippen LogP contribution in [0.5, 0.6) is 0 Å². The number of hydrogen-bond donors (Lipinski definition) is 3. The molecule has 0 radical (unpaired) electrons. The summed E-state index contributed by atoms with van der Waals surface area (Å²) in [6.07, 6.45) is 0. The van der Waals surface area contributed by atoms with Crippen molar-refractivity contribution in [3.05, 3.63) is 93.5 Å². The lowest BCUT2D eigenvalue weighted by atomic mass is 10.1. The SMILES string of the molecule is O=C(O)c1ccc(NC(=O)c2cc(Cl)ccc2NCc2ccccc2Cl)cc1. The molecule has 7 heteroatoms. The summed E-state index contributed by atoms with van der Waals surface area (Å²) in [6, 6.07) is 18.3. The number of anilines is 2. The summed E-state index contributed by atoms with van der Waals surface area (Å²) in [5.74, 6) is -1.40. The third-order valence-electron chi connectivity index (χ3n) is 4.04. The minimum Gasteiger partial charge on any atom is -0.478 e. The summed E-state index contributed by atoms with van der Waals surface area (Å²) in [7, 11) is 0. The summed E-state index contributed by atoms with van der Waals surface area (Å²) < 4.78 is 0. The van der Waals surface area contributed by atoms with Gasteiger partial charge in [-0.2, -0.15) is 0 Å². The Kier molecular flexibility index (Phi) is 6.19. The van der Waals surface area contributed by atoms with Gasteiger partial charge < -0.3 is 15.7 Å². The highest BCUT2D eigenvalue weighted by molar-refractivity contribution is 6.31. The maximum absolute atomic E-state index is 12.7. The van der Waals surface area contributed by atoms with Gasteiger partial charge in [-0.25, -0.2) is 4.79 Å². The Hall–Kier alpha value is -3.02. The molecule has 0 saturated carbocycles. The Morgan fingerprint density at radius 3 is 2.32 bits per heavy atom. The van der Waals surface area contributed by atoms with Crippen LogP contribution < -0.4 is 10.6 Å². The van der Waals surface area contributed by atoms with Crippen LogP contribution in [0.1, 0.15) is 26.3 Å². The minimum atomic E-state index is -1.03. The summed E-state index contributed by atoms with van der Waals surface area (Å²) in [5.41, 5.74) is 2.48. The maximum atomic E-state index is 12.7. The number of amides is 1. The zero-order valence-corrected chi connectivity index (χ0v) is 16.1. The van der Waals surface area contributed by atoms with E-state index in [0.717, 1.165) is 5.56 Å². The van der Waals surface area contributed by atoms with Crippen LogP contribution in [0.4, 0.5) is 11.4 Å². The molecule has 3 rings (SSSR count). The molecule has 0 spiro atoms. The molecule has 0 aliphatic rings. The predicted molar refractivity (Wildman–Crippen MR) is 112 cm³/mol. The average Bonchev–Trinajstić information content (AvgIpc) is 2.68. The van der Waals surface area contributed by atoms with Gasteiger partial charge in [-0.1, -0.05) is 41.4 Å². The number of carboxylic acids is 1. The molecule has 3 aromatic carbocycles. The summed E-state index contributed by atoms with van der Waals surface area (Å²) in [5, 5.41) is 16.0. The fourth-order valence-corrected chi connectivity index (χ4v) is 2.96. The van der Waals surface area contributed by atoms with Gasteiger partial charge >= 0.3 is 5.97 Å². The molecular weight excluding hydrogens is 399 g/mol. The lowest BCUT2D eigenvalue weighted by molar-refractivity contribution is 0.0696. The van der Waals surface area contributed by atoms with E-state index in [0.29, 0.717) is 33.5 Å².